The summed E-state index contributed by atoms with van der Waals surface area (Å²) in [4.78, 5) is 0. The van der Waals surface area contributed by atoms with Crippen molar-refractivity contribution in [2.24, 2.45) is 0 Å². The van der Waals surface area contributed by atoms with Crippen LogP contribution in [0.5, 0.6) is 0 Å². The van der Waals surface area contributed by atoms with Crippen LogP contribution in [0, 0.1) is 5.41 Å². The van der Waals surface area contributed by atoms with Gasteiger partial charge in [-0.15, -0.1) is 0 Å². The molecule has 0 atom stereocenters. The van der Waals surface area contributed by atoms with Crippen LogP contribution in [0.2, 0.25) is 0 Å². The summed E-state index contributed by atoms with van der Waals surface area (Å²) in [7, 11) is 0. The molecule has 2 N–H and O–H groups in total. The highest BCUT2D eigenvalue weighted by Gasteiger charge is 1.85. The Morgan fingerprint density at radius 3 is 2.44 bits per heavy atom. The van der Waals surface area contributed by atoms with Gasteiger partial charge in [0.05, 0.1) is 0 Å². The van der Waals surface area contributed by atoms with Gasteiger partial charge in [0, 0.05) is 6.26 Å². The summed E-state index contributed by atoms with van der Waals surface area (Å²) in [6.45, 7) is 3.94. The SMILES string of the molecule is CSNC(=N)C=C(C)C. The molecule has 0 unspecified atom stereocenters. The molecule has 0 aliphatic rings. The molecule has 0 amide bonds. The minimum absolute atomic E-state index is 0.461. The molecule has 0 rings (SSSR count). The van der Waals surface area contributed by atoms with E-state index >= 15 is 0 Å². The Hall–Kier alpha value is -0.440. The van der Waals surface area contributed by atoms with Crippen LogP contribution < -0.4 is 4.72 Å². The van der Waals surface area contributed by atoms with Crippen molar-refractivity contribution in [3.63, 3.8) is 0 Å². The fourth-order valence-electron chi connectivity index (χ4n) is 0.428. The zero-order valence-corrected chi connectivity index (χ0v) is 6.80. The summed E-state index contributed by atoms with van der Waals surface area (Å²) in [5, 5.41) is 7.21. The van der Waals surface area contributed by atoms with Gasteiger partial charge in [-0.2, -0.15) is 0 Å². The molecular weight excluding hydrogens is 132 g/mol. The van der Waals surface area contributed by atoms with Crippen molar-refractivity contribution in [3.05, 3.63) is 11.6 Å². The zero-order chi connectivity index (χ0) is 7.28. The lowest BCUT2D eigenvalue weighted by atomic mass is 10.3. The van der Waals surface area contributed by atoms with E-state index in [9.17, 15) is 0 Å². The van der Waals surface area contributed by atoms with Crippen LogP contribution in [0.15, 0.2) is 11.6 Å². The normalized spacial score (nSPS) is 8.33. The van der Waals surface area contributed by atoms with Crippen molar-refractivity contribution in [1.82, 2.24) is 4.72 Å². The number of hydrogen-bond donors (Lipinski definition) is 2. The minimum Gasteiger partial charge on any atom is -0.315 e. The van der Waals surface area contributed by atoms with E-state index in [4.69, 9.17) is 5.41 Å². The molecule has 0 aromatic rings. The predicted molar refractivity (Wildman–Crippen MR) is 43.8 cm³/mol. The fourth-order valence-corrected chi connectivity index (χ4v) is 0.707. The molecule has 9 heavy (non-hydrogen) atoms. The van der Waals surface area contributed by atoms with Crippen molar-refractivity contribution in [1.29, 1.82) is 5.41 Å². The Morgan fingerprint density at radius 1 is 1.56 bits per heavy atom. The van der Waals surface area contributed by atoms with Crippen LogP contribution in [0.25, 0.3) is 0 Å². The van der Waals surface area contributed by atoms with Gasteiger partial charge in [-0.25, -0.2) is 0 Å². The second-order valence-electron chi connectivity index (χ2n) is 1.94. The summed E-state index contributed by atoms with van der Waals surface area (Å²) < 4.78 is 2.80. The number of amidine groups is 1. The summed E-state index contributed by atoms with van der Waals surface area (Å²) in [6, 6.07) is 0. The van der Waals surface area contributed by atoms with Gasteiger partial charge in [0.25, 0.3) is 0 Å². The van der Waals surface area contributed by atoms with Crippen molar-refractivity contribution >= 4 is 17.8 Å². The van der Waals surface area contributed by atoms with Crippen LogP contribution in [0.3, 0.4) is 0 Å². The molecule has 0 aromatic carbocycles. The zero-order valence-electron chi connectivity index (χ0n) is 5.99. The molecule has 0 saturated carbocycles. The summed E-state index contributed by atoms with van der Waals surface area (Å²) in [5.74, 6) is 0.461. The van der Waals surface area contributed by atoms with Gasteiger partial charge in [0.1, 0.15) is 5.84 Å². The van der Waals surface area contributed by atoms with E-state index in [1.165, 1.54) is 11.9 Å². The van der Waals surface area contributed by atoms with E-state index in [1.54, 1.807) is 6.08 Å². The first kappa shape index (κ1) is 8.56. The van der Waals surface area contributed by atoms with Crippen LogP contribution in [-0.2, 0) is 0 Å². The van der Waals surface area contributed by atoms with Crippen LogP contribution in [0.4, 0.5) is 0 Å². The van der Waals surface area contributed by atoms with Gasteiger partial charge in [0.15, 0.2) is 0 Å². The standard InChI is InChI=1S/C6H12N2S/c1-5(2)4-6(7)8-9-3/h4H,1-3H3,(H2,7,8). The first-order valence-corrected chi connectivity index (χ1v) is 3.91. The number of allylic oxidation sites excluding steroid dienone is 1. The van der Waals surface area contributed by atoms with E-state index in [0.29, 0.717) is 5.84 Å². The van der Waals surface area contributed by atoms with E-state index in [0.717, 1.165) is 5.57 Å². The molecule has 0 saturated heterocycles. The van der Waals surface area contributed by atoms with Gasteiger partial charge < -0.3 is 4.72 Å². The molecule has 0 aliphatic carbocycles. The average molecular weight is 144 g/mol. The lowest BCUT2D eigenvalue weighted by Crippen LogP contribution is -2.10. The Bertz CT molecular complexity index is 125. The highest BCUT2D eigenvalue weighted by molar-refractivity contribution is 7.97. The number of nitrogens with one attached hydrogen (secondary N) is 2. The maximum atomic E-state index is 7.21. The highest BCUT2D eigenvalue weighted by Crippen LogP contribution is 1.90. The van der Waals surface area contributed by atoms with E-state index in [2.05, 4.69) is 4.72 Å². The maximum absolute atomic E-state index is 7.21. The lowest BCUT2D eigenvalue weighted by molar-refractivity contribution is 1.34. The monoisotopic (exact) mass is 144 g/mol. The second-order valence-corrected chi connectivity index (χ2v) is 2.55. The predicted octanol–water partition coefficient (Wildman–Crippen LogP) is 1.80. The Morgan fingerprint density at radius 2 is 2.11 bits per heavy atom. The summed E-state index contributed by atoms with van der Waals surface area (Å²) >= 11 is 1.43. The molecule has 2 nitrogen and oxygen atoms in total. The second kappa shape index (κ2) is 4.44. The number of rotatable bonds is 2. The van der Waals surface area contributed by atoms with E-state index in [1.807, 2.05) is 20.1 Å². The van der Waals surface area contributed by atoms with Crippen molar-refractivity contribution in [2.75, 3.05) is 6.26 Å². The summed E-state index contributed by atoms with van der Waals surface area (Å²) in [5.41, 5.74) is 1.14. The molecular formula is C6H12N2S. The molecule has 0 spiro atoms. The van der Waals surface area contributed by atoms with Gasteiger partial charge in [-0.05, 0) is 19.9 Å². The van der Waals surface area contributed by atoms with Crippen LogP contribution in [-0.4, -0.2) is 12.1 Å². The maximum Gasteiger partial charge on any atom is 0.127 e. The quantitative estimate of drug-likeness (QED) is 0.352. The fraction of sp³-hybridized carbons (Fsp3) is 0.500. The number of hydrogen-bond acceptors (Lipinski definition) is 2. The molecule has 0 aromatic heterocycles. The molecule has 0 aliphatic heterocycles. The van der Waals surface area contributed by atoms with E-state index in [-0.39, 0.29) is 0 Å². The third-order valence-electron chi connectivity index (χ3n) is 0.645. The first-order chi connectivity index (χ1) is 4.16. The molecule has 0 radical (unpaired) electrons. The van der Waals surface area contributed by atoms with Gasteiger partial charge in [-0.1, -0.05) is 17.5 Å². The van der Waals surface area contributed by atoms with Crippen molar-refractivity contribution < 1.29 is 0 Å². The summed E-state index contributed by atoms with van der Waals surface area (Å²) in [6.07, 6.45) is 3.68. The topological polar surface area (TPSA) is 35.9 Å². The minimum atomic E-state index is 0.461. The Labute approximate surface area is 60.4 Å². The largest absolute Gasteiger partial charge is 0.315 e. The van der Waals surface area contributed by atoms with Gasteiger partial charge >= 0.3 is 0 Å². The molecule has 0 heterocycles. The lowest BCUT2D eigenvalue weighted by Gasteiger charge is -1.97. The third-order valence-corrected chi connectivity index (χ3v) is 1.07. The van der Waals surface area contributed by atoms with Gasteiger partial charge in [-0.3, -0.25) is 5.41 Å². The molecule has 52 valence electrons. The average Bonchev–Trinajstić information content (AvgIpc) is 1.63. The Balaban J connectivity index is 3.63. The molecule has 0 fully saturated rings. The van der Waals surface area contributed by atoms with Crippen molar-refractivity contribution in [3.8, 4) is 0 Å². The van der Waals surface area contributed by atoms with Gasteiger partial charge in [0.2, 0.25) is 0 Å². The molecule has 3 heteroatoms. The highest BCUT2D eigenvalue weighted by atomic mass is 32.2. The van der Waals surface area contributed by atoms with Crippen LogP contribution >= 0.6 is 11.9 Å². The Kier molecular flexibility index (Phi) is 4.22. The van der Waals surface area contributed by atoms with E-state index < -0.39 is 0 Å². The molecule has 0 bridgehead atoms. The first-order valence-electron chi connectivity index (χ1n) is 2.69. The third kappa shape index (κ3) is 5.43. The van der Waals surface area contributed by atoms with Crippen molar-refractivity contribution in [2.45, 2.75) is 13.8 Å². The smallest absolute Gasteiger partial charge is 0.127 e. The van der Waals surface area contributed by atoms with Crippen LogP contribution in [0.1, 0.15) is 13.8 Å².